The largest absolute Gasteiger partial charge is 0.486 e. The quantitative estimate of drug-likeness (QED) is 0.343. The molecule has 0 saturated carbocycles. The summed E-state index contributed by atoms with van der Waals surface area (Å²) >= 11 is 5.91. The van der Waals surface area contributed by atoms with Gasteiger partial charge in [0, 0.05) is 49.0 Å². The van der Waals surface area contributed by atoms with Gasteiger partial charge in [0.15, 0.2) is 5.76 Å². The maximum atomic E-state index is 13.0. The smallest absolute Gasteiger partial charge is 0.289 e. The molecule has 0 atom stereocenters. The van der Waals surface area contributed by atoms with Crippen LogP contribution in [-0.4, -0.2) is 51.7 Å². The van der Waals surface area contributed by atoms with Crippen molar-refractivity contribution in [3.05, 3.63) is 100 Å². The van der Waals surface area contributed by atoms with Crippen LogP contribution in [-0.2, 0) is 13.2 Å². The number of hydrogen-bond donors (Lipinski definition) is 0. The molecule has 0 spiro atoms. The molecule has 36 heavy (non-hydrogen) atoms. The first-order chi connectivity index (χ1) is 17.5. The van der Waals surface area contributed by atoms with Crippen LogP contribution < -0.4 is 4.74 Å². The van der Waals surface area contributed by atoms with E-state index in [2.05, 4.69) is 30.9 Å². The topological polar surface area (TPSA) is 63.7 Å². The molecule has 0 unspecified atom stereocenters. The van der Waals surface area contributed by atoms with Crippen molar-refractivity contribution in [3.8, 4) is 11.4 Å². The molecule has 8 heteroatoms. The van der Waals surface area contributed by atoms with Crippen molar-refractivity contribution in [3.63, 3.8) is 0 Å². The Labute approximate surface area is 215 Å². The molecule has 5 rings (SSSR count). The minimum Gasteiger partial charge on any atom is -0.486 e. The van der Waals surface area contributed by atoms with E-state index in [1.807, 2.05) is 27.8 Å². The minimum absolute atomic E-state index is 0.0864. The molecule has 1 saturated heterocycles. The van der Waals surface area contributed by atoms with Gasteiger partial charge in [-0.05, 0) is 62.4 Å². The SMILES string of the molecule is Cc1nn(-c2ccccc2)c(C)c1CN1CCN(C(=O)c2ccc(COc3ccc(Cl)cc3)o2)CC1. The molecule has 186 valence electrons. The molecule has 0 bridgehead atoms. The van der Waals surface area contributed by atoms with Crippen LogP contribution in [0.5, 0.6) is 5.75 Å². The zero-order valence-electron chi connectivity index (χ0n) is 20.5. The van der Waals surface area contributed by atoms with Gasteiger partial charge in [-0.2, -0.15) is 5.10 Å². The van der Waals surface area contributed by atoms with E-state index in [0.717, 1.165) is 36.7 Å². The molecule has 3 heterocycles. The van der Waals surface area contributed by atoms with Crippen LogP contribution in [0.2, 0.25) is 5.02 Å². The van der Waals surface area contributed by atoms with Crippen molar-refractivity contribution >= 4 is 17.5 Å². The second-order valence-electron chi connectivity index (χ2n) is 8.97. The van der Waals surface area contributed by atoms with Crippen molar-refractivity contribution < 1.29 is 13.9 Å². The molecule has 2 aromatic heterocycles. The molecule has 0 aliphatic carbocycles. The average molecular weight is 505 g/mol. The fourth-order valence-electron chi connectivity index (χ4n) is 4.47. The lowest BCUT2D eigenvalue weighted by Crippen LogP contribution is -2.48. The Morgan fingerprint density at radius 3 is 2.42 bits per heavy atom. The van der Waals surface area contributed by atoms with Crippen LogP contribution in [0.25, 0.3) is 5.69 Å². The van der Waals surface area contributed by atoms with Crippen LogP contribution in [0.4, 0.5) is 0 Å². The first-order valence-corrected chi connectivity index (χ1v) is 12.4. The van der Waals surface area contributed by atoms with E-state index in [4.69, 9.17) is 25.9 Å². The number of hydrogen-bond acceptors (Lipinski definition) is 5. The second-order valence-corrected chi connectivity index (χ2v) is 9.41. The monoisotopic (exact) mass is 504 g/mol. The normalized spacial score (nSPS) is 14.2. The third-order valence-electron chi connectivity index (χ3n) is 6.55. The van der Waals surface area contributed by atoms with E-state index in [-0.39, 0.29) is 12.5 Å². The Hall–Kier alpha value is -3.55. The van der Waals surface area contributed by atoms with Gasteiger partial charge in [-0.1, -0.05) is 29.8 Å². The summed E-state index contributed by atoms with van der Waals surface area (Å²) in [5, 5.41) is 5.42. The maximum absolute atomic E-state index is 13.0. The van der Waals surface area contributed by atoms with Crippen LogP contribution in [0.3, 0.4) is 0 Å². The average Bonchev–Trinajstić information content (AvgIpc) is 3.49. The van der Waals surface area contributed by atoms with Crippen molar-refractivity contribution in [2.45, 2.75) is 27.0 Å². The van der Waals surface area contributed by atoms with Gasteiger partial charge in [0.2, 0.25) is 0 Å². The van der Waals surface area contributed by atoms with Gasteiger partial charge < -0.3 is 14.1 Å². The maximum Gasteiger partial charge on any atom is 0.289 e. The molecule has 7 nitrogen and oxygen atoms in total. The lowest BCUT2D eigenvalue weighted by Gasteiger charge is -2.34. The van der Waals surface area contributed by atoms with Gasteiger partial charge in [-0.3, -0.25) is 9.69 Å². The van der Waals surface area contributed by atoms with Crippen molar-refractivity contribution in [2.24, 2.45) is 0 Å². The van der Waals surface area contributed by atoms with E-state index in [1.54, 1.807) is 36.4 Å². The van der Waals surface area contributed by atoms with E-state index < -0.39 is 0 Å². The van der Waals surface area contributed by atoms with Gasteiger partial charge in [-0.15, -0.1) is 0 Å². The minimum atomic E-state index is -0.0864. The molecule has 1 aliphatic rings. The van der Waals surface area contributed by atoms with Crippen molar-refractivity contribution in [1.82, 2.24) is 19.6 Å². The molecule has 2 aromatic carbocycles. The third-order valence-corrected chi connectivity index (χ3v) is 6.80. The number of rotatable bonds is 7. The number of furan rings is 1. The summed E-state index contributed by atoms with van der Waals surface area (Å²) < 4.78 is 13.5. The first-order valence-electron chi connectivity index (χ1n) is 12.1. The Balaban J connectivity index is 1.15. The summed E-state index contributed by atoms with van der Waals surface area (Å²) in [6, 6.07) is 20.8. The van der Waals surface area contributed by atoms with Crippen LogP contribution >= 0.6 is 11.6 Å². The summed E-state index contributed by atoms with van der Waals surface area (Å²) in [5.41, 5.74) is 4.51. The Morgan fingerprint density at radius 2 is 1.69 bits per heavy atom. The van der Waals surface area contributed by atoms with E-state index in [0.29, 0.717) is 35.4 Å². The van der Waals surface area contributed by atoms with Gasteiger partial charge in [0.1, 0.15) is 18.1 Å². The summed E-state index contributed by atoms with van der Waals surface area (Å²) in [5.74, 6) is 1.55. The summed E-state index contributed by atoms with van der Waals surface area (Å²) in [4.78, 5) is 17.2. The zero-order valence-corrected chi connectivity index (χ0v) is 21.2. The van der Waals surface area contributed by atoms with Gasteiger partial charge in [-0.25, -0.2) is 4.68 Å². The molecule has 4 aromatic rings. The summed E-state index contributed by atoms with van der Waals surface area (Å²) in [7, 11) is 0. The molecule has 1 amide bonds. The predicted octanol–water partition coefficient (Wildman–Crippen LogP) is 5.27. The number of para-hydroxylation sites is 1. The van der Waals surface area contributed by atoms with Crippen LogP contribution in [0, 0.1) is 13.8 Å². The van der Waals surface area contributed by atoms with Gasteiger partial charge in [0.25, 0.3) is 5.91 Å². The molecule has 1 aliphatic heterocycles. The Kier molecular flexibility index (Phi) is 7.11. The summed E-state index contributed by atoms with van der Waals surface area (Å²) in [6.07, 6.45) is 0. The number of carbonyl (C=O) groups excluding carboxylic acids is 1. The zero-order chi connectivity index (χ0) is 25.1. The van der Waals surface area contributed by atoms with E-state index >= 15 is 0 Å². The highest BCUT2D eigenvalue weighted by molar-refractivity contribution is 6.30. The molecular weight excluding hydrogens is 476 g/mol. The number of carbonyl (C=O) groups is 1. The second kappa shape index (κ2) is 10.6. The van der Waals surface area contributed by atoms with Crippen LogP contribution in [0.15, 0.2) is 71.1 Å². The number of ether oxygens (including phenoxy) is 1. The van der Waals surface area contributed by atoms with E-state index in [9.17, 15) is 4.79 Å². The number of halogens is 1. The number of aryl methyl sites for hydroxylation is 1. The highest BCUT2D eigenvalue weighted by Crippen LogP contribution is 2.22. The standard InChI is InChI=1S/C28H29ClN4O3/c1-20-26(21(2)33(30-20)23-6-4-3-5-7-23)18-31-14-16-32(17-15-31)28(34)27-13-12-25(36-27)19-35-24-10-8-22(29)9-11-24/h3-13H,14-19H2,1-2H3. The third kappa shape index (κ3) is 5.32. The number of nitrogens with zero attached hydrogens (tertiary/aromatic N) is 4. The number of aromatic nitrogens is 2. The summed E-state index contributed by atoms with van der Waals surface area (Å²) in [6.45, 7) is 8.16. The Bertz CT molecular complexity index is 1320. The van der Waals surface area contributed by atoms with E-state index in [1.165, 1.54) is 5.56 Å². The first kappa shape index (κ1) is 24.2. The predicted molar refractivity (Wildman–Crippen MR) is 139 cm³/mol. The fourth-order valence-corrected chi connectivity index (χ4v) is 4.59. The molecule has 1 fully saturated rings. The number of amides is 1. The number of piperazine rings is 1. The molecule has 0 radical (unpaired) electrons. The Morgan fingerprint density at radius 1 is 0.972 bits per heavy atom. The highest BCUT2D eigenvalue weighted by atomic mass is 35.5. The van der Waals surface area contributed by atoms with Crippen molar-refractivity contribution in [2.75, 3.05) is 26.2 Å². The van der Waals surface area contributed by atoms with Gasteiger partial charge in [0.05, 0.1) is 11.4 Å². The molecule has 0 N–H and O–H groups in total. The van der Waals surface area contributed by atoms with Crippen LogP contribution in [0.1, 0.15) is 33.3 Å². The number of benzene rings is 2. The molecular formula is C28H29ClN4O3. The van der Waals surface area contributed by atoms with Crippen molar-refractivity contribution in [1.29, 1.82) is 0 Å². The highest BCUT2D eigenvalue weighted by Gasteiger charge is 2.25. The fraction of sp³-hybridized carbons (Fsp3) is 0.286. The lowest BCUT2D eigenvalue weighted by molar-refractivity contribution is 0.0593. The van der Waals surface area contributed by atoms with Gasteiger partial charge >= 0.3 is 0 Å². The lowest BCUT2D eigenvalue weighted by atomic mass is 10.1.